The van der Waals surface area contributed by atoms with Crippen molar-refractivity contribution in [3.05, 3.63) is 35.4 Å². The Morgan fingerprint density at radius 2 is 1.71 bits per heavy atom. The summed E-state index contributed by atoms with van der Waals surface area (Å²) in [6.45, 7) is -0.959. The van der Waals surface area contributed by atoms with Crippen LogP contribution in [0.25, 0.3) is 0 Å². The number of aliphatic hydroxyl groups excluding tert-OH is 1. The summed E-state index contributed by atoms with van der Waals surface area (Å²) in [5.74, 6) is -4.56. The Morgan fingerprint density at radius 1 is 1.03 bits per heavy atom. The molecule has 0 radical (unpaired) electrons. The standard InChI is InChI=1S/C21H22O10/c1-26-12-5-4-10(18(27-2)19(12)28-3)16-11-6-14-15(30-9-29-14)7-13(11)31-21(25,8-22)17(16)20(23)24/h4-7,16-17,22,25H,8-9H2,1-3H3,(H,23,24). The van der Waals surface area contributed by atoms with Gasteiger partial charge in [-0.15, -0.1) is 0 Å². The fraction of sp³-hybridized carbons (Fsp3) is 0.381. The lowest BCUT2D eigenvalue weighted by molar-refractivity contribution is -0.220. The Labute approximate surface area is 177 Å². The van der Waals surface area contributed by atoms with Crippen molar-refractivity contribution in [2.75, 3.05) is 34.7 Å². The monoisotopic (exact) mass is 434 g/mol. The highest BCUT2D eigenvalue weighted by molar-refractivity contribution is 5.77. The van der Waals surface area contributed by atoms with E-state index in [2.05, 4.69) is 0 Å². The molecule has 2 heterocycles. The molecule has 3 atom stereocenters. The van der Waals surface area contributed by atoms with Crippen LogP contribution in [-0.2, 0) is 4.79 Å². The average Bonchev–Trinajstić information content (AvgIpc) is 3.22. The zero-order valence-corrected chi connectivity index (χ0v) is 17.1. The largest absolute Gasteiger partial charge is 0.493 e. The first-order chi connectivity index (χ1) is 14.9. The number of ether oxygens (including phenoxy) is 6. The molecule has 3 unspecified atom stereocenters. The molecule has 4 rings (SSSR count). The highest BCUT2D eigenvalue weighted by atomic mass is 16.7. The lowest BCUT2D eigenvalue weighted by Crippen LogP contribution is -2.55. The highest BCUT2D eigenvalue weighted by Crippen LogP contribution is 2.55. The predicted octanol–water partition coefficient (Wildman–Crippen LogP) is 1.35. The van der Waals surface area contributed by atoms with E-state index in [1.54, 1.807) is 18.2 Å². The van der Waals surface area contributed by atoms with Gasteiger partial charge in [0.2, 0.25) is 18.3 Å². The van der Waals surface area contributed by atoms with Crippen molar-refractivity contribution in [2.45, 2.75) is 11.7 Å². The number of carboxylic acid groups (broad SMARTS) is 1. The van der Waals surface area contributed by atoms with Crippen molar-refractivity contribution in [1.29, 1.82) is 0 Å². The zero-order chi connectivity index (χ0) is 22.3. The third-order valence-corrected chi connectivity index (χ3v) is 5.51. The Kier molecular flexibility index (Phi) is 5.19. The van der Waals surface area contributed by atoms with Crippen molar-refractivity contribution < 1.29 is 48.5 Å². The van der Waals surface area contributed by atoms with Gasteiger partial charge in [-0.25, -0.2) is 0 Å². The third kappa shape index (κ3) is 3.15. The molecule has 0 saturated carbocycles. The van der Waals surface area contributed by atoms with Gasteiger partial charge in [0.05, 0.1) is 21.3 Å². The van der Waals surface area contributed by atoms with E-state index in [-0.39, 0.29) is 24.0 Å². The maximum atomic E-state index is 12.3. The first-order valence-electron chi connectivity index (χ1n) is 9.36. The van der Waals surface area contributed by atoms with Gasteiger partial charge in [-0.05, 0) is 12.1 Å². The van der Waals surface area contributed by atoms with E-state index in [1.807, 2.05) is 0 Å². The van der Waals surface area contributed by atoms with Crippen LogP contribution >= 0.6 is 0 Å². The van der Waals surface area contributed by atoms with Crippen LogP contribution in [0.3, 0.4) is 0 Å². The second-order valence-electron chi connectivity index (χ2n) is 7.07. The minimum Gasteiger partial charge on any atom is -0.493 e. The summed E-state index contributed by atoms with van der Waals surface area (Å²) in [4.78, 5) is 12.3. The molecule has 2 aromatic rings. The van der Waals surface area contributed by atoms with Crippen LogP contribution in [0.2, 0.25) is 0 Å². The molecular weight excluding hydrogens is 412 g/mol. The number of rotatable bonds is 6. The van der Waals surface area contributed by atoms with E-state index in [1.165, 1.54) is 27.4 Å². The van der Waals surface area contributed by atoms with Crippen molar-refractivity contribution in [3.8, 4) is 34.5 Å². The fourth-order valence-electron chi connectivity index (χ4n) is 4.15. The molecule has 2 aliphatic rings. The molecule has 0 spiro atoms. The molecule has 2 aromatic carbocycles. The second-order valence-corrected chi connectivity index (χ2v) is 7.07. The third-order valence-electron chi connectivity index (χ3n) is 5.51. The SMILES string of the molecule is COc1ccc(C2c3cc4c(cc3OC(O)(CO)C2C(=O)O)OCO4)c(OC)c1OC. The minimum atomic E-state index is -2.41. The maximum Gasteiger partial charge on any atom is 0.314 e. The van der Waals surface area contributed by atoms with Gasteiger partial charge >= 0.3 is 5.97 Å². The average molecular weight is 434 g/mol. The van der Waals surface area contributed by atoms with Crippen LogP contribution < -0.4 is 28.4 Å². The van der Waals surface area contributed by atoms with Gasteiger partial charge in [0.15, 0.2) is 23.0 Å². The first-order valence-corrected chi connectivity index (χ1v) is 9.36. The molecule has 0 aliphatic carbocycles. The summed E-state index contributed by atoms with van der Waals surface area (Å²) in [6.07, 6.45) is 0. The summed E-state index contributed by atoms with van der Waals surface area (Å²) in [5.41, 5.74) is 0.808. The van der Waals surface area contributed by atoms with Crippen LogP contribution in [0.5, 0.6) is 34.5 Å². The Bertz CT molecular complexity index is 1020. The molecule has 31 heavy (non-hydrogen) atoms. The van der Waals surface area contributed by atoms with E-state index in [9.17, 15) is 20.1 Å². The molecule has 0 amide bonds. The number of fused-ring (bicyclic) bond motifs is 2. The molecule has 166 valence electrons. The lowest BCUT2D eigenvalue weighted by atomic mass is 9.73. The minimum absolute atomic E-state index is 0.00476. The van der Waals surface area contributed by atoms with Crippen LogP contribution in [-0.4, -0.2) is 61.8 Å². The van der Waals surface area contributed by atoms with Gasteiger partial charge in [-0.3, -0.25) is 4.79 Å². The van der Waals surface area contributed by atoms with Gasteiger partial charge in [0, 0.05) is 23.1 Å². The van der Waals surface area contributed by atoms with Gasteiger partial charge in [0.25, 0.3) is 0 Å². The smallest absolute Gasteiger partial charge is 0.314 e. The quantitative estimate of drug-likeness (QED) is 0.612. The number of benzene rings is 2. The molecule has 0 bridgehead atoms. The van der Waals surface area contributed by atoms with Gasteiger partial charge < -0.3 is 43.7 Å². The summed E-state index contributed by atoms with van der Waals surface area (Å²) in [5, 5.41) is 30.9. The predicted molar refractivity (Wildman–Crippen MR) is 104 cm³/mol. The maximum absolute atomic E-state index is 12.3. The van der Waals surface area contributed by atoms with E-state index in [4.69, 9.17) is 28.4 Å². The van der Waals surface area contributed by atoms with E-state index < -0.39 is 30.2 Å². The van der Waals surface area contributed by atoms with Gasteiger partial charge in [-0.1, -0.05) is 6.07 Å². The molecule has 2 aliphatic heterocycles. The lowest BCUT2D eigenvalue weighted by Gasteiger charge is -2.42. The molecule has 0 aromatic heterocycles. The molecule has 0 saturated heterocycles. The van der Waals surface area contributed by atoms with Crippen LogP contribution in [0.15, 0.2) is 24.3 Å². The summed E-state index contributed by atoms with van der Waals surface area (Å²) in [6, 6.07) is 6.33. The summed E-state index contributed by atoms with van der Waals surface area (Å²) < 4.78 is 32.7. The molecule has 10 heteroatoms. The number of aliphatic carboxylic acids is 1. The molecular formula is C21H22O10. The second kappa shape index (κ2) is 7.71. The van der Waals surface area contributed by atoms with Crippen LogP contribution in [0.1, 0.15) is 17.0 Å². The normalized spacial score (nSPS) is 23.5. The van der Waals surface area contributed by atoms with E-state index in [0.29, 0.717) is 28.4 Å². The topological polar surface area (TPSA) is 133 Å². The Morgan fingerprint density at radius 3 is 2.29 bits per heavy atom. The van der Waals surface area contributed by atoms with Crippen LogP contribution in [0, 0.1) is 5.92 Å². The van der Waals surface area contributed by atoms with E-state index in [0.717, 1.165) is 0 Å². The number of methoxy groups -OCH3 is 3. The first kappa shape index (κ1) is 20.9. The van der Waals surface area contributed by atoms with Crippen molar-refractivity contribution in [1.82, 2.24) is 0 Å². The highest BCUT2D eigenvalue weighted by Gasteiger charge is 2.55. The van der Waals surface area contributed by atoms with Gasteiger partial charge in [0.1, 0.15) is 18.3 Å². The number of carboxylic acids is 1. The summed E-state index contributed by atoms with van der Waals surface area (Å²) in [7, 11) is 4.31. The summed E-state index contributed by atoms with van der Waals surface area (Å²) >= 11 is 0. The van der Waals surface area contributed by atoms with Crippen molar-refractivity contribution in [3.63, 3.8) is 0 Å². The zero-order valence-electron chi connectivity index (χ0n) is 17.1. The van der Waals surface area contributed by atoms with Crippen LogP contribution in [0.4, 0.5) is 0 Å². The number of hydrogen-bond donors (Lipinski definition) is 3. The number of carbonyl (C=O) groups is 1. The van der Waals surface area contributed by atoms with Gasteiger partial charge in [-0.2, -0.15) is 0 Å². The fourth-order valence-corrected chi connectivity index (χ4v) is 4.15. The van der Waals surface area contributed by atoms with E-state index >= 15 is 0 Å². The van der Waals surface area contributed by atoms with Crippen molar-refractivity contribution >= 4 is 5.97 Å². The molecule has 10 nitrogen and oxygen atoms in total. The Balaban J connectivity index is 2.02. The van der Waals surface area contributed by atoms with Crippen molar-refractivity contribution in [2.24, 2.45) is 5.92 Å². The molecule has 3 N–H and O–H groups in total. The molecule has 0 fully saturated rings. The number of aliphatic hydroxyl groups is 2. The Hall–Kier alpha value is -3.37. The number of hydrogen-bond acceptors (Lipinski definition) is 9.